The highest BCUT2D eigenvalue weighted by Gasteiger charge is 2.16. The first-order valence-electron chi connectivity index (χ1n) is 26.0. The molecule has 0 aliphatic carbocycles. The number of rotatable bonds is 47. The highest BCUT2D eigenvalue weighted by Crippen LogP contribution is 2.16. The van der Waals surface area contributed by atoms with Crippen molar-refractivity contribution in [2.24, 2.45) is 0 Å². The number of carbonyl (C=O) groups excluding carboxylic acids is 2. The molecule has 0 heterocycles. The second kappa shape index (κ2) is 51.7. The van der Waals surface area contributed by atoms with E-state index in [1.807, 2.05) is 0 Å². The van der Waals surface area contributed by atoms with Gasteiger partial charge in [0.25, 0.3) is 0 Å². The fourth-order valence-electron chi connectivity index (χ4n) is 7.38. The van der Waals surface area contributed by atoms with E-state index in [0.29, 0.717) is 12.8 Å². The molecule has 0 saturated heterocycles. The molecule has 0 radical (unpaired) electrons. The van der Waals surface area contributed by atoms with Crippen molar-refractivity contribution in [1.82, 2.24) is 0 Å². The third-order valence-electron chi connectivity index (χ3n) is 11.3. The van der Waals surface area contributed by atoms with E-state index in [2.05, 4.69) is 86.8 Å². The van der Waals surface area contributed by atoms with E-state index in [1.165, 1.54) is 141 Å². The van der Waals surface area contributed by atoms with E-state index in [0.717, 1.165) is 83.5 Å². The second-order valence-electron chi connectivity index (χ2n) is 17.2. The smallest absolute Gasteiger partial charge is 0.306 e. The van der Waals surface area contributed by atoms with Crippen molar-refractivity contribution in [3.8, 4) is 0 Å². The number of ether oxygens (including phenoxy) is 2. The summed E-state index contributed by atoms with van der Waals surface area (Å²) in [6.07, 6.45) is 69.9. The van der Waals surface area contributed by atoms with Gasteiger partial charge in [-0.05, 0) is 64.2 Å². The molecular formula is C56H98O5. The third-order valence-corrected chi connectivity index (χ3v) is 11.3. The monoisotopic (exact) mass is 851 g/mol. The van der Waals surface area contributed by atoms with Gasteiger partial charge in [0.2, 0.25) is 0 Å². The number of aliphatic hydroxyl groups is 1. The number of hydrogen-bond donors (Lipinski definition) is 1. The molecule has 352 valence electrons. The number of allylic oxidation sites excluding steroid dienone is 12. The highest BCUT2D eigenvalue weighted by molar-refractivity contribution is 5.70. The molecule has 1 unspecified atom stereocenters. The molecule has 1 N–H and O–H groups in total. The minimum Gasteiger partial charge on any atom is -0.462 e. The summed E-state index contributed by atoms with van der Waals surface area (Å²) in [6.45, 7) is 4.04. The van der Waals surface area contributed by atoms with Crippen molar-refractivity contribution in [3.05, 3.63) is 72.9 Å². The summed E-state index contributed by atoms with van der Waals surface area (Å²) >= 11 is 0. The summed E-state index contributed by atoms with van der Waals surface area (Å²) in [5, 5.41) is 9.63. The molecule has 5 heteroatoms. The molecule has 0 fully saturated rings. The second-order valence-corrected chi connectivity index (χ2v) is 17.2. The molecule has 0 bridgehead atoms. The summed E-state index contributed by atoms with van der Waals surface area (Å²) < 4.78 is 10.7. The first-order chi connectivity index (χ1) is 30.1. The lowest BCUT2D eigenvalue weighted by atomic mass is 10.0. The fourth-order valence-corrected chi connectivity index (χ4v) is 7.38. The van der Waals surface area contributed by atoms with E-state index in [4.69, 9.17) is 9.47 Å². The highest BCUT2D eigenvalue weighted by atomic mass is 16.6. The summed E-state index contributed by atoms with van der Waals surface area (Å²) in [6, 6.07) is 0. The Morgan fingerprint density at radius 2 is 0.705 bits per heavy atom. The Bertz CT molecular complexity index is 1100. The van der Waals surface area contributed by atoms with Crippen LogP contribution in [0.5, 0.6) is 0 Å². The topological polar surface area (TPSA) is 72.8 Å². The number of aliphatic hydroxyl groups excluding tert-OH is 1. The molecule has 0 aromatic heterocycles. The van der Waals surface area contributed by atoms with Crippen LogP contribution in [0.4, 0.5) is 0 Å². The van der Waals surface area contributed by atoms with Gasteiger partial charge >= 0.3 is 11.9 Å². The Morgan fingerprint density at radius 3 is 1.07 bits per heavy atom. The van der Waals surface area contributed by atoms with E-state index in [9.17, 15) is 14.7 Å². The predicted octanol–water partition coefficient (Wildman–Crippen LogP) is 17.2. The Morgan fingerprint density at radius 1 is 0.393 bits per heavy atom. The van der Waals surface area contributed by atoms with Gasteiger partial charge in [-0.15, -0.1) is 0 Å². The summed E-state index contributed by atoms with van der Waals surface area (Å²) in [5.41, 5.74) is 0. The lowest BCUT2D eigenvalue weighted by Gasteiger charge is -2.15. The van der Waals surface area contributed by atoms with Crippen molar-refractivity contribution in [3.63, 3.8) is 0 Å². The van der Waals surface area contributed by atoms with Crippen LogP contribution in [0, 0.1) is 0 Å². The largest absolute Gasteiger partial charge is 0.462 e. The lowest BCUT2D eigenvalue weighted by molar-refractivity contribution is -0.161. The molecule has 1 atom stereocenters. The van der Waals surface area contributed by atoms with Crippen molar-refractivity contribution in [1.29, 1.82) is 0 Å². The van der Waals surface area contributed by atoms with Crippen LogP contribution < -0.4 is 0 Å². The maximum absolute atomic E-state index is 12.3. The minimum absolute atomic E-state index is 0.0691. The zero-order chi connectivity index (χ0) is 44.2. The van der Waals surface area contributed by atoms with Gasteiger partial charge in [-0.25, -0.2) is 0 Å². The van der Waals surface area contributed by atoms with Crippen molar-refractivity contribution >= 4 is 11.9 Å². The number of esters is 2. The van der Waals surface area contributed by atoms with Crippen LogP contribution in [0.2, 0.25) is 0 Å². The van der Waals surface area contributed by atoms with Gasteiger partial charge in [-0.1, -0.05) is 247 Å². The minimum atomic E-state index is -0.778. The van der Waals surface area contributed by atoms with Crippen molar-refractivity contribution in [2.45, 2.75) is 258 Å². The van der Waals surface area contributed by atoms with E-state index < -0.39 is 6.10 Å². The Kier molecular flexibility index (Phi) is 49.4. The first kappa shape index (κ1) is 58.3. The number of unbranched alkanes of at least 4 members (excludes halogenated alkanes) is 27. The third kappa shape index (κ3) is 49.9. The lowest BCUT2D eigenvalue weighted by Crippen LogP contribution is -2.28. The van der Waals surface area contributed by atoms with E-state index >= 15 is 0 Å². The van der Waals surface area contributed by atoms with Crippen LogP contribution in [-0.4, -0.2) is 36.4 Å². The van der Waals surface area contributed by atoms with Crippen LogP contribution in [0.25, 0.3) is 0 Å². The molecule has 61 heavy (non-hydrogen) atoms. The Hall–Kier alpha value is -2.66. The molecule has 0 rings (SSSR count). The molecule has 0 aliphatic rings. The molecule has 0 aromatic carbocycles. The summed E-state index contributed by atoms with van der Waals surface area (Å²) in [5.74, 6) is -0.593. The van der Waals surface area contributed by atoms with Gasteiger partial charge in [-0.3, -0.25) is 9.59 Å². The summed E-state index contributed by atoms with van der Waals surface area (Å²) in [4.78, 5) is 24.5. The average molecular weight is 851 g/mol. The molecule has 0 aliphatic heterocycles. The SMILES string of the molecule is CC/C=C\C/C=C\C/C=C\C/C=C\C/C=C\C/C=C\CCCCCCCCCCC(=O)OC(CO)COC(=O)CCCCCCCCCCCCCCCCCCCCCC. The molecule has 0 spiro atoms. The first-order valence-corrected chi connectivity index (χ1v) is 26.0. The van der Waals surface area contributed by atoms with Crippen LogP contribution >= 0.6 is 0 Å². The number of hydrogen-bond acceptors (Lipinski definition) is 5. The average Bonchev–Trinajstić information content (AvgIpc) is 3.26. The molecular weight excluding hydrogens is 753 g/mol. The van der Waals surface area contributed by atoms with Crippen molar-refractivity contribution < 1.29 is 24.2 Å². The van der Waals surface area contributed by atoms with Crippen molar-refractivity contribution in [2.75, 3.05) is 13.2 Å². The van der Waals surface area contributed by atoms with Crippen LogP contribution in [0.15, 0.2) is 72.9 Å². The molecule has 0 amide bonds. The quantitative estimate of drug-likeness (QED) is 0.0375. The zero-order valence-electron chi connectivity index (χ0n) is 40.2. The van der Waals surface area contributed by atoms with Gasteiger partial charge in [0.05, 0.1) is 6.61 Å². The van der Waals surface area contributed by atoms with E-state index in [-0.39, 0.29) is 25.2 Å². The maximum Gasteiger partial charge on any atom is 0.306 e. The van der Waals surface area contributed by atoms with Gasteiger partial charge in [0.15, 0.2) is 6.10 Å². The predicted molar refractivity (Wildman–Crippen MR) is 265 cm³/mol. The van der Waals surface area contributed by atoms with Crippen LogP contribution in [-0.2, 0) is 19.1 Å². The summed E-state index contributed by atoms with van der Waals surface area (Å²) in [7, 11) is 0. The standard InChI is InChI=1S/C56H98O5/c1-3-5-7-9-11-13-15-17-19-21-23-25-26-27-28-29-30-31-33-35-37-39-41-43-45-47-49-51-56(59)61-54(52-57)53-60-55(58)50-48-46-44-42-40-38-36-34-32-24-22-20-18-16-14-12-10-8-6-4-2/h5,7,11,13,17,19,23,25,27-28,30-31,54,57H,3-4,6,8-10,12,14-16,18,20-22,24,26,29,32-53H2,1-2H3/b7-5-,13-11-,19-17-,25-23-,28-27-,31-30-. The number of carbonyl (C=O) groups is 2. The van der Waals surface area contributed by atoms with Crippen LogP contribution in [0.3, 0.4) is 0 Å². The molecule has 0 saturated carbocycles. The fraction of sp³-hybridized carbons (Fsp3) is 0.750. The normalized spacial score (nSPS) is 12.8. The van der Waals surface area contributed by atoms with Gasteiger partial charge in [0.1, 0.15) is 6.61 Å². The van der Waals surface area contributed by atoms with Gasteiger partial charge in [-0.2, -0.15) is 0 Å². The van der Waals surface area contributed by atoms with Crippen LogP contribution in [0.1, 0.15) is 251 Å². The Labute approximate surface area is 378 Å². The molecule has 5 nitrogen and oxygen atoms in total. The van der Waals surface area contributed by atoms with E-state index in [1.54, 1.807) is 0 Å². The van der Waals surface area contributed by atoms with Gasteiger partial charge < -0.3 is 14.6 Å². The van der Waals surface area contributed by atoms with Gasteiger partial charge in [0, 0.05) is 12.8 Å². The molecule has 0 aromatic rings. The Balaban J connectivity index is 3.54. The maximum atomic E-state index is 12.3. The zero-order valence-corrected chi connectivity index (χ0v) is 40.2.